The summed E-state index contributed by atoms with van der Waals surface area (Å²) in [5, 5.41) is 0.817. The molecular formula is C15H18FN3. The number of para-hydroxylation sites is 1. The van der Waals surface area contributed by atoms with Crippen LogP contribution in [0.25, 0.3) is 10.9 Å². The molecular weight excluding hydrogens is 241 g/mol. The van der Waals surface area contributed by atoms with E-state index in [1.165, 1.54) is 31.7 Å². The van der Waals surface area contributed by atoms with Crippen molar-refractivity contribution in [2.75, 3.05) is 18.0 Å². The number of halogens is 1. The largest absolute Gasteiger partial charge is 0.356 e. The normalized spacial score (nSPS) is 20.5. The molecule has 1 aromatic carbocycles. The van der Waals surface area contributed by atoms with Crippen LogP contribution in [0.3, 0.4) is 0 Å². The second-order valence-electron chi connectivity index (χ2n) is 5.36. The van der Waals surface area contributed by atoms with Gasteiger partial charge in [-0.25, -0.2) is 14.4 Å². The number of anilines is 1. The summed E-state index contributed by atoms with van der Waals surface area (Å²) in [4.78, 5) is 10.7. The van der Waals surface area contributed by atoms with E-state index in [9.17, 15) is 4.39 Å². The molecule has 2 heterocycles. The average Bonchev–Trinajstić information content (AvgIpc) is 2.64. The number of hydrogen-bond donors (Lipinski definition) is 0. The Morgan fingerprint density at radius 1 is 1.21 bits per heavy atom. The molecule has 100 valence electrons. The van der Waals surface area contributed by atoms with Crippen LogP contribution in [0.15, 0.2) is 24.5 Å². The van der Waals surface area contributed by atoms with Gasteiger partial charge in [0.1, 0.15) is 23.5 Å². The topological polar surface area (TPSA) is 29.0 Å². The SMILES string of the molecule is CC1CCCN(c2ncnc3c(F)cccc23)CC1. The summed E-state index contributed by atoms with van der Waals surface area (Å²) in [6.45, 7) is 4.28. The number of aromatic nitrogens is 2. The van der Waals surface area contributed by atoms with Crippen molar-refractivity contribution in [2.24, 2.45) is 5.92 Å². The van der Waals surface area contributed by atoms with Crippen LogP contribution in [0.1, 0.15) is 26.2 Å². The molecule has 19 heavy (non-hydrogen) atoms. The zero-order valence-corrected chi connectivity index (χ0v) is 11.1. The van der Waals surface area contributed by atoms with Gasteiger partial charge in [0.2, 0.25) is 0 Å². The van der Waals surface area contributed by atoms with E-state index in [0.29, 0.717) is 5.52 Å². The lowest BCUT2D eigenvalue weighted by Gasteiger charge is -2.22. The van der Waals surface area contributed by atoms with Gasteiger partial charge in [-0.05, 0) is 37.3 Å². The molecule has 0 spiro atoms. The molecule has 1 saturated heterocycles. The summed E-state index contributed by atoms with van der Waals surface area (Å²) in [5.41, 5.74) is 0.421. The van der Waals surface area contributed by atoms with Crippen LogP contribution in [-0.2, 0) is 0 Å². The molecule has 3 rings (SSSR count). The minimum atomic E-state index is -0.274. The lowest BCUT2D eigenvalue weighted by Crippen LogP contribution is -2.25. The first kappa shape index (κ1) is 12.3. The van der Waals surface area contributed by atoms with Gasteiger partial charge in [0.25, 0.3) is 0 Å². The van der Waals surface area contributed by atoms with Gasteiger partial charge in [-0.1, -0.05) is 13.0 Å². The Morgan fingerprint density at radius 2 is 2.11 bits per heavy atom. The standard InChI is InChI=1S/C15H18FN3/c1-11-4-3-8-19(9-7-11)15-12-5-2-6-13(16)14(12)17-10-18-15/h2,5-6,10-11H,3-4,7-9H2,1H3. The number of hydrogen-bond acceptors (Lipinski definition) is 3. The zero-order valence-electron chi connectivity index (χ0n) is 11.1. The van der Waals surface area contributed by atoms with E-state index in [4.69, 9.17) is 0 Å². The van der Waals surface area contributed by atoms with Gasteiger partial charge >= 0.3 is 0 Å². The lowest BCUT2D eigenvalue weighted by atomic mass is 10.0. The summed E-state index contributed by atoms with van der Waals surface area (Å²) < 4.78 is 13.8. The summed E-state index contributed by atoms with van der Waals surface area (Å²) in [6.07, 6.45) is 5.06. The average molecular weight is 259 g/mol. The van der Waals surface area contributed by atoms with Crippen LogP contribution >= 0.6 is 0 Å². The molecule has 0 amide bonds. The molecule has 0 saturated carbocycles. The molecule has 1 aliphatic rings. The summed E-state index contributed by atoms with van der Waals surface area (Å²) >= 11 is 0. The quantitative estimate of drug-likeness (QED) is 0.786. The van der Waals surface area contributed by atoms with Gasteiger partial charge in [-0.15, -0.1) is 0 Å². The van der Waals surface area contributed by atoms with Crippen LogP contribution in [0.4, 0.5) is 10.2 Å². The van der Waals surface area contributed by atoms with Crippen molar-refractivity contribution in [1.29, 1.82) is 0 Å². The molecule has 1 aromatic heterocycles. The Bertz CT molecular complexity index is 585. The first-order valence-electron chi connectivity index (χ1n) is 6.90. The zero-order chi connectivity index (χ0) is 13.2. The highest BCUT2D eigenvalue weighted by molar-refractivity contribution is 5.89. The molecule has 3 nitrogen and oxygen atoms in total. The van der Waals surface area contributed by atoms with E-state index >= 15 is 0 Å². The Morgan fingerprint density at radius 3 is 3.00 bits per heavy atom. The molecule has 0 N–H and O–H groups in total. The van der Waals surface area contributed by atoms with Crippen molar-refractivity contribution in [2.45, 2.75) is 26.2 Å². The molecule has 0 aliphatic carbocycles. The third-order valence-corrected chi connectivity index (χ3v) is 3.91. The monoisotopic (exact) mass is 259 g/mol. The Balaban J connectivity index is 2.02. The first-order valence-corrected chi connectivity index (χ1v) is 6.90. The van der Waals surface area contributed by atoms with Crippen LogP contribution in [0.2, 0.25) is 0 Å². The van der Waals surface area contributed by atoms with E-state index in [1.54, 1.807) is 6.07 Å². The first-order chi connectivity index (χ1) is 9.25. The van der Waals surface area contributed by atoms with Crippen LogP contribution in [0.5, 0.6) is 0 Å². The van der Waals surface area contributed by atoms with Gasteiger partial charge in [-0.2, -0.15) is 0 Å². The molecule has 1 unspecified atom stereocenters. The van der Waals surface area contributed by atoms with Crippen LogP contribution in [-0.4, -0.2) is 23.1 Å². The number of benzene rings is 1. The van der Waals surface area contributed by atoms with Crippen LogP contribution in [0, 0.1) is 11.7 Å². The van der Waals surface area contributed by atoms with Crippen molar-refractivity contribution in [3.8, 4) is 0 Å². The number of nitrogens with zero attached hydrogens (tertiary/aromatic N) is 3. The molecule has 4 heteroatoms. The van der Waals surface area contributed by atoms with E-state index in [1.807, 2.05) is 6.07 Å². The summed E-state index contributed by atoms with van der Waals surface area (Å²) in [5.74, 6) is 1.36. The molecule has 1 fully saturated rings. The Hall–Kier alpha value is -1.71. The van der Waals surface area contributed by atoms with E-state index in [-0.39, 0.29) is 5.82 Å². The third kappa shape index (κ3) is 2.39. The predicted molar refractivity (Wildman–Crippen MR) is 74.7 cm³/mol. The fourth-order valence-electron chi connectivity index (χ4n) is 2.76. The fraction of sp³-hybridized carbons (Fsp3) is 0.467. The number of rotatable bonds is 1. The molecule has 1 aliphatic heterocycles. The molecule has 0 radical (unpaired) electrons. The maximum Gasteiger partial charge on any atom is 0.149 e. The molecule has 2 aromatic rings. The summed E-state index contributed by atoms with van der Waals surface area (Å²) in [6, 6.07) is 5.08. The highest BCUT2D eigenvalue weighted by atomic mass is 19.1. The van der Waals surface area contributed by atoms with Crippen molar-refractivity contribution >= 4 is 16.7 Å². The van der Waals surface area contributed by atoms with Crippen molar-refractivity contribution in [1.82, 2.24) is 9.97 Å². The second kappa shape index (κ2) is 5.11. The summed E-state index contributed by atoms with van der Waals surface area (Å²) in [7, 11) is 0. The van der Waals surface area contributed by atoms with Gasteiger partial charge < -0.3 is 4.90 Å². The highest BCUT2D eigenvalue weighted by Gasteiger charge is 2.18. The smallest absolute Gasteiger partial charge is 0.149 e. The molecule has 1 atom stereocenters. The third-order valence-electron chi connectivity index (χ3n) is 3.91. The maximum atomic E-state index is 13.8. The number of fused-ring (bicyclic) bond motifs is 1. The maximum absolute atomic E-state index is 13.8. The minimum absolute atomic E-state index is 0.274. The van der Waals surface area contributed by atoms with Crippen LogP contribution < -0.4 is 4.90 Å². The second-order valence-corrected chi connectivity index (χ2v) is 5.36. The highest BCUT2D eigenvalue weighted by Crippen LogP contribution is 2.27. The predicted octanol–water partition coefficient (Wildman–Crippen LogP) is 3.40. The van der Waals surface area contributed by atoms with E-state index in [2.05, 4.69) is 21.8 Å². The van der Waals surface area contributed by atoms with Gasteiger partial charge in [0.15, 0.2) is 0 Å². The van der Waals surface area contributed by atoms with Crippen molar-refractivity contribution in [3.05, 3.63) is 30.3 Å². The Labute approximate surface area is 112 Å². The Kier molecular flexibility index (Phi) is 3.32. The van der Waals surface area contributed by atoms with Gasteiger partial charge in [0, 0.05) is 18.5 Å². The van der Waals surface area contributed by atoms with E-state index in [0.717, 1.165) is 30.2 Å². The van der Waals surface area contributed by atoms with Gasteiger partial charge in [-0.3, -0.25) is 0 Å². The van der Waals surface area contributed by atoms with Gasteiger partial charge in [0.05, 0.1) is 0 Å². The lowest BCUT2D eigenvalue weighted by molar-refractivity contribution is 0.521. The molecule has 0 bridgehead atoms. The fourth-order valence-corrected chi connectivity index (χ4v) is 2.76. The minimum Gasteiger partial charge on any atom is -0.356 e. The van der Waals surface area contributed by atoms with Crippen molar-refractivity contribution in [3.63, 3.8) is 0 Å². The van der Waals surface area contributed by atoms with E-state index < -0.39 is 0 Å². The van der Waals surface area contributed by atoms with Crippen molar-refractivity contribution < 1.29 is 4.39 Å².